The summed E-state index contributed by atoms with van der Waals surface area (Å²) < 4.78 is 0. The van der Waals surface area contributed by atoms with Crippen LogP contribution >= 0.6 is 0 Å². The van der Waals surface area contributed by atoms with Crippen LogP contribution in [-0.2, 0) is 0 Å². The van der Waals surface area contributed by atoms with E-state index >= 15 is 0 Å². The molecule has 0 bridgehead atoms. The van der Waals surface area contributed by atoms with E-state index in [-0.39, 0.29) is 0 Å². The van der Waals surface area contributed by atoms with Crippen LogP contribution in [0.2, 0.25) is 0 Å². The van der Waals surface area contributed by atoms with Gasteiger partial charge in [0.25, 0.3) is 0 Å². The maximum atomic E-state index is 4.83. The molecule has 25 heavy (non-hydrogen) atoms. The van der Waals surface area contributed by atoms with E-state index in [2.05, 4.69) is 77.6 Å². The molecule has 124 valence electrons. The molecule has 2 heterocycles. The summed E-state index contributed by atoms with van der Waals surface area (Å²) in [5.74, 6) is 1.10. The van der Waals surface area contributed by atoms with Crippen LogP contribution in [0.5, 0.6) is 0 Å². The molecule has 3 nitrogen and oxygen atoms in total. The third-order valence-electron chi connectivity index (χ3n) is 5.42. The van der Waals surface area contributed by atoms with Crippen LogP contribution in [0, 0.1) is 0 Å². The summed E-state index contributed by atoms with van der Waals surface area (Å²) >= 11 is 0. The predicted octanol–water partition coefficient (Wildman–Crippen LogP) is 5.15. The SMILES string of the molecule is CN1CCCC1c1nc2ccc(-c3ccc4ccccc4c3)cc2[nH]1. The van der Waals surface area contributed by atoms with Gasteiger partial charge in [0.05, 0.1) is 17.1 Å². The maximum Gasteiger partial charge on any atom is 0.124 e. The Labute approximate surface area is 147 Å². The van der Waals surface area contributed by atoms with Gasteiger partial charge >= 0.3 is 0 Å². The van der Waals surface area contributed by atoms with Crippen molar-refractivity contribution in [3.05, 3.63) is 66.5 Å². The molecule has 0 spiro atoms. The molecule has 1 atom stereocenters. The van der Waals surface area contributed by atoms with Crippen molar-refractivity contribution in [3.8, 4) is 11.1 Å². The minimum absolute atomic E-state index is 0.427. The molecule has 1 aliphatic rings. The van der Waals surface area contributed by atoms with Gasteiger partial charge in [-0.2, -0.15) is 0 Å². The zero-order valence-corrected chi connectivity index (χ0v) is 14.4. The highest BCUT2D eigenvalue weighted by atomic mass is 15.2. The molecule has 0 radical (unpaired) electrons. The van der Waals surface area contributed by atoms with Crippen molar-refractivity contribution in [2.75, 3.05) is 13.6 Å². The van der Waals surface area contributed by atoms with Crippen molar-refractivity contribution in [2.45, 2.75) is 18.9 Å². The van der Waals surface area contributed by atoms with Crippen LogP contribution < -0.4 is 0 Å². The predicted molar refractivity (Wildman–Crippen MR) is 104 cm³/mol. The van der Waals surface area contributed by atoms with Crippen LogP contribution in [0.1, 0.15) is 24.7 Å². The first-order chi connectivity index (χ1) is 12.3. The molecule has 3 heteroatoms. The molecule has 5 rings (SSSR count). The molecule has 1 saturated heterocycles. The largest absolute Gasteiger partial charge is 0.341 e. The summed E-state index contributed by atoms with van der Waals surface area (Å²) in [5.41, 5.74) is 4.66. The molecular formula is C22H21N3. The monoisotopic (exact) mass is 327 g/mol. The highest BCUT2D eigenvalue weighted by Gasteiger charge is 2.25. The number of aromatic nitrogens is 2. The van der Waals surface area contributed by atoms with Crippen LogP contribution in [0.4, 0.5) is 0 Å². The fourth-order valence-corrected chi connectivity index (χ4v) is 3.99. The summed E-state index contributed by atoms with van der Waals surface area (Å²) in [6, 6.07) is 22.1. The lowest BCUT2D eigenvalue weighted by molar-refractivity contribution is 0.307. The minimum Gasteiger partial charge on any atom is -0.341 e. The van der Waals surface area contributed by atoms with E-state index in [0.717, 1.165) is 23.4 Å². The number of hydrogen-bond donors (Lipinski definition) is 1. The van der Waals surface area contributed by atoms with Gasteiger partial charge in [-0.15, -0.1) is 0 Å². The van der Waals surface area contributed by atoms with E-state index in [1.807, 2.05) is 0 Å². The summed E-state index contributed by atoms with van der Waals surface area (Å²) in [5, 5.41) is 2.55. The second-order valence-corrected chi connectivity index (χ2v) is 7.05. The maximum absolute atomic E-state index is 4.83. The molecule has 1 aliphatic heterocycles. The second kappa shape index (κ2) is 5.71. The van der Waals surface area contributed by atoms with Gasteiger partial charge in [0, 0.05) is 0 Å². The number of H-pyrrole nitrogens is 1. The summed E-state index contributed by atoms with van der Waals surface area (Å²) in [7, 11) is 2.19. The lowest BCUT2D eigenvalue weighted by Crippen LogP contribution is -2.18. The van der Waals surface area contributed by atoms with Crippen molar-refractivity contribution in [3.63, 3.8) is 0 Å². The van der Waals surface area contributed by atoms with E-state index < -0.39 is 0 Å². The standard InChI is InChI=1S/C22H21N3/c1-25-12-4-7-21(25)22-23-19-11-10-18(14-20(19)24-22)17-9-8-15-5-2-3-6-16(15)13-17/h2-3,5-6,8-11,13-14,21H,4,7,12H2,1H3,(H,23,24). The molecule has 3 aromatic carbocycles. The van der Waals surface area contributed by atoms with Gasteiger partial charge in [-0.1, -0.05) is 42.5 Å². The van der Waals surface area contributed by atoms with Gasteiger partial charge in [-0.05, 0) is 66.5 Å². The normalized spacial score (nSPS) is 18.4. The molecule has 1 fully saturated rings. The highest BCUT2D eigenvalue weighted by molar-refractivity contribution is 5.89. The van der Waals surface area contributed by atoms with Crippen molar-refractivity contribution in [2.24, 2.45) is 0 Å². The lowest BCUT2D eigenvalue weighted by atomic mass is 10.0. The Bertz CT molecular complexity index is 1060. The topological polar surface area (TPSA) is 31.9 Å². The average molecular weight is 327 g/mol. The van der Waals surface area contributed by atoms with E-state index in [0.29, 0.717) is 6.04 Å². The van der Waals surface area contributed by atoms with Crippen molar-refractivity contribution < 1.29 is 0 Å². The first kappa shape index (κ1) is 14.7. The quantitative estimate of drug-likeness (QED) is 0.552. The number of nitrogens with one attached hydrogen (secondary N) is 1. The highest BCUT2D eigenvalue weighted by Crippen LogP contribution is 2.31. The summed E-state index contributed by atoms with van der Waals surface area (Å²) in [4.78, 5) is 10.8. The van der Waals surface area contributed by atoms with Crippen molar-refractivity contribution in [1.29, 1.82) is 0 Å². The fourth-order valence-electron chi connectivity index (χ4n) is 3.99. The lowest BCUT2D eigenvalue weighted by Gasteiger charge is -2.16. The Kier molecular flexibility index (Phi) is 3.35. The smallest absolute Gasteiger partial charge is 0.124 e. The van der Waals surface area contributed by atoms with Crippen LogP contribution in [0.15, 0.2) is 60.7 Å². The van der Waals surface area contributed by atoms with E-state index in [4.69, 9.17) is 4.98 Å². The fraction of sp³-hybridized carbons (Fsp3) is 0.227. The van der Waals surface area contributed by atoms with Gasteiger partial charge < -0.3 is 4.98 Å². The zero-order valence-electron chi connectivity index (χ0n) is 14.4. The molecule has 1 aromatic heterocycles. The minimum atomic E-state index is 0.427. The van der Waals surface area contributed by atoms with Crippen LogP contribution in [0.3, 0.4) is 0 Å². The van der Waals surface area contributed by atoms with Crippen molar-refractivity contribution in [1.82, 2.24) is 14.9 Å². The van der Waals surface area contributed by atoms with E-state index in [9.17, 15) is 0 Å². The second-order valence-electron chi connectivity index (χ2n) is 7.05. The Hall–Kier alpha value is -2.65. The third-order valence-corrected chi connectivity index (χ3v) is 5.42. The number of hydrogen-bond acceptors (Lipinski definition) is 2. The Morgan fingerprint density at radius 1 is 0.960 bits per heavy atom. The van der Waals surface area contributed by atoms with Crippen molar-refractivity contribution >= 4 is 21.8 Å². The number of rotatable bonds is 2. The van der Waals surface area contributed by atoms with Gasteiger partial charge in [0.1, 0.15) is 5.82 Å². The molecule has 4 aromatic rings. The van der Waals surface area contributed by atoms with Gasteiger partial charge in [0.2, 0.25) is 0 Å². The number of fused-ring (bicyclic) bond motifs is 2. The third kappa shape index (κ3) is 2.52. The Morgan fingerprint density at radius 2 is 1.76 bits per heavy atom. The van der Waals surface area contributed by atoms with Crippen LogP contribution in [-0.4, -0.2) is 28.5 Å². The number of nitrogens with zero attached hydrogens (tertiary/aromatic N) is 2. The summed E-state index contributed by atoms with van der Waals surface area (Å²) in [6.07, 6.45) is 2.44. The number of aromatic amines is 1. The first-order valence-electron chi connectivity index (χ1n) is 8.97. The number of benzene rings is 3. The zero-order chi connectivity index (χ0) is 16.8. The van der Waals surface area contributed by atoms with Gasteiger partial charge in [0.15, 0.2) is 0 Å². The average Bonchev–Trinajstić information content (AvgIpc) is 3.26. The Morgan fingerprint density at radius 3 is 2.60 bits per heavy atom. The molecule has 0 aliphatic carbocycles. The molecule has 0 saturated carbocycles. The van der Waals surface area contributed by atoms with Gasteiger partial charge in [-0.3, -0.25) is 4.90 Å². The summed E-state index contributed by atoms with van der Waals surface area (Å²) in [6.45, 7) is 1.16. The van der Waals surface area contributed by atoms with E-state index in [1.165, 1.54) is 34.7 Å². The van der Waals surface area contributed by atoms with Crippen LogP contribution in [0.25, 0.3) is 32.9 Å². The molecule has 1 unspecified atom stereocenters. The number of imidazole rings is 1. The number of likely N-dealkylation sites (tertiary alicyclic amines) is 1. The van der Waals surface area contributed by atoms with Gasteiger partial charge in [-0.25, -0.2) is 4.98 Å². The molecule has 1 N–H and O–H groups in total. The molecular weight excluding hydrogens is 306 g/mol. The molecule has 0 amide bonds. The first-order valence-corrected chi connectivity index (χ1v) is 8.97. The Balaban J connectivity index is 1.57. The van der Waals surface area contributed by atoms with E-state index in [1.54, 1.807) is 0 Å².